The molecule has 1 heterocycles. The van der Waals surface area contributed by atoms with Gasteiger partial charge in [-0.05, 0) is 40.4 Å². The van der Waals surface area contributed by atoms with Crippen molar-refractivity contribution in [1.29, 1.82) is 0 Å². The second-order valence-electron chi connectivity index (χ2n) is 3.69. The molecule has 74 valence electrons. The first-order chi connectivity index (χ1) is 6.08. The summed E-state index contributed by atoms with van der Waals surface area (Å²) in [7, 11) is 0. The molecule has 0 spiro atoms. The number of hydrogen-bond donors (Lipinski definition) is 1. The lowest BCUT2D eigenvalue weighted by Gasteiger charge is -2.11. The number of aliphatic hydroxyl groups is 1. The van der Waals surface area contributed by atoms with E-state index in [1.54, 1.807) is 11.3 Å². The van der Waals surface area contributed by atoms with E-state index in [0.29, 0.717) is 5.92 Å². The zero-order valence-electron chi connectivity index (χ0n) is 7.96. The summed E-state index contributed by atoms with van der Waals surface area (Å²) in [4.78, 5) is 1.25. The van der Waals surface area contributed by atoms with Crippen molar-refractivity contribution in [2.75, 3.05) is 0 Å². The highest BCUT2D eigenvalue weighted by molar-refractivity contribution is 9.11. The average Bonchev–Trinajstić information content (AvgIpc) is 2.33. The van der Waals surface area contributed by atoms with Crippen LogP contribution in [0.15, 0.2) is 15.9 Å². The fraction of sp³-hybridized carbons (Fsp3) is 0.600. The van der Waals surface area contributed by atoms with Crippen LogP contribution in [0, 0.1) is 5.92 Å². The number of rotatable bonds is 4. The minimum atomic E-state index is -0.189. The Labute approximate surface area is 91.9 Å². The van der Waals surface area contributed by atoms with Crippen molar-refractivity contribution < 1.29 is 5.11 Å². The van der Waals surface area contributed by atoms with Crippen molar-refractivity contribution in [3.05, 3.63) is 20.8 Å². The van der Waals surface area contributed by atoms with Gasteiger partial charge in [-0.25, -0.2) is 0 Å². The maximum absolute atomic E-state index is 9.67. The highest BCUT2D eigenvalue weighted by Crippen LogP contribution is 2.24. The fourth-order valence-corrected chi connectivity index (χ4v) is 2.88. The molecule has 0 fully saturated rings. The Balaban J connectivity index is 2.40. The molecule has 0 bridgehead atoms. The molecule has 1 aromatic heterocycles. The van der Waals surface area contributed by atoms with Crippen molar-refractivity contribution in [2.24, 2.45) is 5.92 Å². The molecule has 1 atom stereocenters. The van der Waals surface area contributed by atoms with E-state index >= 15 is 0 Å². The van der Waals surface area contributed by atoms with Gasteiger partial charge in [0.15, 0.2) is 0 Å². The topological polar surface area (TPSA) is 20.2 Å². The maximum atomic E-state index is 9.67. The SMILES string of the molecule is CC(C)CC(O)Cc1ccc(Br)s1. The molecule has 1 nitrogen and oxygen atoms in total. The fourth-order valence-electron chi connectivity index (χ4n) is 1.32. The van der Waals surface area contributed by atoms with Crippen LogP contribution in [-0.4, -0.2) is 11.2 Å². The monoisotopic (exact) mass is 262 g/mol. The van der Waals surface area contributed by atoms with Crippen LogP contribution in [0.5, 0.6) is 0 Å². The minimum absolute atomic E-state index is 0.189. The van der Waals surface area contributed by atoms with E-state index in [2.05, 4.69) is 35.8 Å². The van der Waals surface area contributed by atoms with Crippen LogP contribution in [0.3, 0.4) is 0 Å². The van der Waals surface area contributed by atoms with E-state index in [9.17, 15) is 5.11 Å². The van der Waals surface area contributed by atoms with Crippen LogP contribution < -0.4 is 0 Å². The number of aliphatic hydroxyl groups excluding tert-OH is 1. The number of hydrogen-bond acceptors (Lipinski definition) is 2. The van der Waals surface area contributed by atoms with Crippen LogP contribution in [0.25, 0.3) is 0 Å². The van der Waals surface area contributed by atoms with Crippen LogP contribution in [-0.2, 0) is 6.42 Å². The van der Waals surface area contributed by atoms with E-state index in [4.69, 9.17) is 0 Å². The zero-order chi connectivity index (χ0) is 9.84. The summed E-state index contributed by atoms with van der Waals surface area (Å²) in [6.45, 7) is 4.26. The van der Waals surface area contributed by atoms with E-state index < -0.39 is 0 Å². The summed E-state index contributed by atoms with van der Waals surface area (Å²) in [6, 6.07) is 4.10. The Kier molecular flexibility index (Phi) is 4.42. The summed E-state index contributed by atoms with van der Waals surface area (Å²) in [5.74, 6) is 0.568. The molecule has 0 aliphatic carbocycles. The maximum Gasteiger partial charge on any atom is 0.0701 e. The van der Waals surface area contributed by atoms with Gasteiger partial charge in [0.25, 0.3) is 0 Å². The van der Waals surface area contributed by atoms with Crippen LogP contribution in [0.2, 0.25) is 0 Å². The minimum Gasteiger partial charge on any atom is -0.393 e. The van der Waals surface area contributed by atoms with E-state index in [0.717, 1.165) is 16.6 Å². The van der Waals surface area contributed by atoms with E-state index in [1.807, 2.05) is 6.07 Å². The molecule has 0 aliphatic heterocycles. The van der Waals surface area contributed by atoms with Gasteiger partial charge in [0, 0.05) is 11.3 Å². The molecular formula is C10H15BrOS. The molecule has 0 aliphatic rings. The number of halogens is 1. The third-order valence-corrected chi connectivity index (χ3v) is 3.46. The van der Waals surface area contributed by atoms with Gasteiger partial charge < -0.3 is 5.11 Å². The lowest BCUT2D eigenvalue weighted by molar-refractivity contribution is 0.150. The quantitative estimate of drug-likeness (QED) is 0.882. The summed E-state index contributed by atoms with van der Waals surface area (Å²) >= 11 is 5.11. The second-order valence-corrected chi connectivity index (χ2v) is 6.24. The first-order valence-electron chi connectivity index (χ1n) is 4.50. The Morgan fingerprint density at radius 1 is 1.46 bits per heavy atom. The second kappa shape index (κ2) is 5.13. The third-order valence-electron chi connectivity index (χ3n) is 1.81. The molecule has 1 N–H and O–H groups in total. The summed E-state index contributed by atoms with van der Waals surface area (Å²) in [6.07, 6.45) is 1.48. The van der Waals surface area contributed by atoms with Crippen molar-refractivity contribution in [3.8, 4) is 0 Å². The molecule has 13 heavy (non-hydrogen) atoms. The first-order valence-corrected chi connectivity index (χ1v) is 6.11. The summed E-state index contributed by atoms with van der Waals surface area (Å²) in [5.41, 5.74) is 0. The van der Waals surface area contributed by atoms with Gasteiger partial charge in [-0.3, -0.25) is 0 Å². The molecule has 0 aromatic carbocycles. The highest BCUT2D eigenvalue weighted by atomic mass is 79.9. The van der Waals surface area contributed by atoms with Gasteiger partial charge in [-0.2, -0.15) is 0 Å². The van der Waals surface area contributed by atoms with Gasteiger partial charge in [0.1, 0.15) is 0 Å². The molecule has 1 rings (SSSR count). The van der Waals surface area contributed by atoms with Crippen molar-refractivity contribution in [3.63, 3.8) is 0 Å². The zero-order valence-corrected chi connectivity index (χ0v) is 10.4. The number of thiophene rings is 1. The molecule has 0 saturated heterocycles. The molecule has 1 aromatic rings. The normalized spacial score (nSPS) is 13.6. The smallest absolute Gasteiger partial charge is 0.0701 e. The van der Waals surface area contributed by atoms with Gasteiger partial charge in [-0.15, -0.1) is 11.3 Å². The third kappa shape index (κ3) is 4.25. The Hall–Kier alpha value is 0.140. The van der Waals surface area contributed by atoms with Crippen molar-refractivity contribution in [1.82, 2.24) is 0 Å². The Morgan fingerprint density at radius 2 is 2.15 bits per heavy atom. The highest BCUT2D eigenvalue weighted by Gasteiger charge is 2.09. The Bertz CT molecular complexity index is 257. The van der Waals surface area contributed by atoms with E-state index in [-0.39, 0.29) is 6.10 Å². The molecule has 0 saturated carbocycles. The standard InChI is InChI=1S/C10H15BrOS/c1-7(2)5-8(12)6-9-3-4-10(11)13-9/h3-4,7-8,12H,5-6H2,1-2H3. The lowest BCUT2D eigenvalue weighted by Crippen LogP contribution is -2.12. The molecule has 0 radical (unpaired) electrons. The molecule has 1 unspecified atom stereocenters. The summed E-state index contributed by atoms with van der Waals surface area (Å²) in [5, 5.41) is 9.67. The van der Waals surface area contributed by atoms with Crippen LogP contribution >= 0.6 is 27.3 Å². The predicted octanol–water partition coefficient (Wildman–Crippen LogP) is 3.46. The van der Waals surface area contributed by atoms with Gasteiger partial charge in [0.05, 0.1) is 9.89 Å². The average molecular weight is 263 g/mol. The predicted molar refractivity (Wildman–Crippen MR) is 61.2 cm³/mol. The first kappa shape index (κ1) is 11.2. The lowest BCUT2D eigenvalue weighted by atomic mass is 10.0. The Morgan fingerprint density at radius 3 is 2.62 bits per heavy atom. The van der Waals surface area contributed by atoms with Crippen molar-refractivity contribution in [2.45, 2.75) is 32.8 Å². The van der Waals surface area contributed by atoms with Gasteiger partial charge in [-0.1, -0.05) is 13.8 Å². The van der Waals surface area contributed by atoms with E-state index in [1.165, 1.54) is 4.88 Å². The van der Waals surface area contributed by atoms with Crippen molar-refractivity contribution >= 4 is 27.3 Å². The van der Waals surface area contributed by atoms with Crippen LogP contribution in [0.1, 0.15) is 25.1 Å². The molecule has 0 amide bonds. The van der Waals surface area contributed by atoms with Gasteiger partial charge in [0.2, 0.25) is 0 Å². The molecular weight excluding hydrogens is 248 g/mol. The van der Waals surface area contributed by atoms with Crippen LogP contribution in [0.4, 0.5) is 0 Å². The molecule has 3 heteroatoms. The summed E-state index contributed by atoms with van der Waals surface area (Å²) < 4.78 is 1.14. The largest absolute Gasteiger partial charge is 0.393 e. The van der Waals surface area contributed by atoms with Gasteiger partial charge >= 0.3 is 0 Å².